The van der Waals surface area contributed by atoms with Crippen molar-refractivity contribution < 1.29 is 4.79 Å². The third kappa shape index (κ3) is 4.01. The Labute approximate surface area is 141 Å². The van der Waals surface area contributed by atoms with Crippen molar-refractivity contribution in [3.05, 3.63) is 59.1 Å². The first kappa shape index (κ1) is 17.7. The van der Waals surface area contributed by atoms with Gasteiger partial charge in [0.2, 0.25) is 5.91 Å². The number of hydrogen-bond donors (Lipinski definition) is 2. The quantitative estimate of drug-likeness (QED) is 0.781. The summed E-state index contributed by atoms with van der Waals surface area (Å²) in [5, 5.41) is 0. The second-order valence-electron chi connectivity index (χ2n) is 6.09. The molecule has 1 aliphatic heterocycles. The normalized spacial score (nSPS) is 20.4. The molecule has 2 rings (SSSR count). The van der Waals surface area contributed by atoms with Gasteiger partial charge in [-0.25, -0.2) is 4.98 Å². The van der Waals surface area contributed by atoms with Gasteiger partial charge in [0.1, 0.15) is 0 Å². The maximum Gasteiger partial charge on any atom is 0.255 e. The molecule has 0 bridgehead atoms. The van der Waals surface area contributed by atoms with E-state index in [1.165, 1.54) is 11.8 Å². The molecule has 0 spiro atoms. The van der Waals surface area contributed by atoms with Gasteiger partial charge in [0.25, 0.3) is 5.56 Å². The van der Waals surface area contributed by atoms with Crippen LogP contribution in [0.25, 0.3) is 0 Å². The van der Waals surface area contributed by atoms with Crippen molar-refractivity contribution in [3.8, 4) is 0 Å². The van der Waals surface area contributed by atoms with Gasteiger partial charge in [-0.1, -0.05) is 23.8 Å². The maximum absolute atomic E-state index is 12.9. The molecule has 0 saturated carbocycles. The lowest BCUT2D eigenvalue weighted by Gasteiger charge is -2.40. The monoisotopic (exact) mass is 328 g/mol. The fraction of sp³-hybridized carbons (Fsp3) is 0.389. The number of nitrogen functional groups attached to an aromatic ring is 1. The van der Waals surface area contributed by atoms with E-state index in [0.29, 0.717) is 18.4 Å². The summed E-state index contributed by atoms with van der Waals surface area (Å²) < 4.78 is 0. The Hall–Kier alpha value is -2.63. The third-order valence-corrected chi connectivity index (χ3v) is 4.15. The zero-order valence-corrected chi connectivity index (χ0v) is 14.0. The van der Waals surface area contributed by atoms with E-state index < -0.39 is 0 Å². The standard InChI is InChI=1S/C18H24N4O2/c1-4-6-14-8-12(3)9-15(7-5-2)22(14)16(23)10-13-11-20-18(19)21-17(13)24/h4-5,8,11,14-15H,1-2,6-7,9-10H2,3H3,(H3,19,20,21,24)/t14-,15-/m0/s1. The smallest absolute Gasteiger partial charge is 0.255 e. The Morgan fingerprint density at radius 3 is 2.79 bits per heavy atom. The molecule has 1 amide bonds. The van der Waals surface area contributed by atoms with E-state index in [-0.39, 0.29) is 35.9 Å². The SMILES string of the molecule is C=CC[C@H]1CC(C)=C[C@H](CC=C)N1C(=O)Cc1cnc(N)[nH]c1=O. The summed E-state index contributed by atoms with van der Waals surface area (Å²) in [6.07, 6.45) is 9.29. The molecule has 24 heavy (non-hydrogen) atoms. The van der Waals surface area contributed by atoms with E-state index >= 15 is 0 Å². The van der Waals surface area contributed by atoms with Gasteiger partial charge >= 0.3 is 0 Å². The number of amides is 1. The predicted molar refractivity (Wildman–Crippen MR) is 95.4 cm³/mol. The molecule has 1 aromatic rings. The number of aromatic nitrogens is 2. The molecule has 0 saturated heterocycles. The molecular formula is C18H24N4O2. The van der Waals surface area contributed by atoms with E-state index in [9.17, 15) is 9.59 Å². The summed E-state index contributed by atoms with van der Waals surface area (Å²) in [7, 11) is 0. The average Bonchev–Trinajstić information content (AvgIpc) is 2.50. The lowest BCUT2D eigenvalue weighted by Crippen LogP contribution is -2.49. The van der Waals surface area contributed by atoms with Crippen molar-refractivity contribution in [3.63, 3.8) is 0 Å². The van der Waals surface area contributed by atoms with Gasteiger partial charge in [-0.2, -0.15) is 0 Å². The van der Waals surface area contributed by atoms with Crippen molar-refractivity contribution in [2.45, 2.75) is 44.7 Å². The molecule has 0 fully saturated rings. The van der Waals surface area contributed by atoms with Crippen LogP contribution in [-0.2, 0) is 11.2 Å². The van der Waals surface area contributed by atoms with Crippen LogP contribution in [0.1, 0.15) is 31.7 Å². The number of hydrogen-bond acceptors (Lipinski definition) is 4. The van der Waals surface area contributed by atoms with Gasteiger partial charge in [-0.05, 0) is 26.2 Å². The second kappa shape index (κ2) is 7.77. The summed E-state index contributed by atoms with van der Waals surface area (Å²) in [4.78, 5) is 33.0. The fourth-order valence-electron chi connectivity index (χ4n) is 3.16. The Morgan fingerprint density at radius 2 is 2.17 bits per heavy atom. The van der Waals surface area contributed by atoms with Gasteiger partial charge in [0.05, 0.1) is 12.5 Å². The first-order valence-corrected chi connectivity index (χ1v) is 8.00. The summed E-state index contributed by atoms with van der Waals surface area (Å²) in [6, 6.07) is 0.000273. The first-order valence-electron chi connectivity index (χ1n) is 8.00. The molecule has 6 nitrogen and oxygen atoms in total. The van der Waals surface area contributed by atoms with Gasteiger partial charge in [0, 0.05) is 17.8 Å². The molecule has 0 radical (unpaired) electrons. The molecule has 3 N–H and O–H groups in total. The number of aromatic amines is 1. The lowest BCUT2D eigenvalue weighted by molar-refractivity contribution is -0.134. The number of nitrogens with zero attached hydrogens (tertiary/aromatic N) is 2. The lowest BCUT2D eigenvalue weighted by atomic mass is 9.92. The van der Waals surface area contributed by atoms with Crippen LogP contribution in [0.3, 0.4) is 0 Å². The second-order valence-corrected chi connectivity index (χ2v) is 6.09. The molecule has 6 heteroatoms. The Kier molecular flexibility index (Phi) is 5.73. The predicted octanol–water partition coefficient (Wildman–Crippen LogP) is 1.96. The summed E-state index contributed by atoms with van der Waals surface area (Å²) >= 11 is 0. The number of anilines is 1. The molecule has 0 unspecified atom stereocenters. The van der Waals surface area contributed by atoms with Crippen LogP contribution in [0.5, 0.6) is 0 Å². The van der Waals surface area contributed by atoms with Crippen molar-refractivity contribution in [1.29, 1.82) is 0 Å². The minimum absolute atomic E-state index is 0.00319. The highest BCUT2D eigenvalue weighted by molar-refractivity contribution is 5.80. The van der Waals surface area contributed by atoms with Crippen molar-refractivity contribution in [1.82, 2.24) is 14.9 Å². The van der Waals surface area contributed by atoms with Gasteiger partial charge in [0.15, 0.2) is 5.95 Å². The van der Waals surface area contributed by atoms with Crippen LogP contribution in [-0.4, -0.2) is 32.9 Å². The Bertz CT molecular complexity index is 720. The topological polar surface area (TPSA) is 92.1 Å². The number of nitrogens with one attached hydrogen (secondary N) is 1. The summed E-state index contributed by atoms with van der Waals surface area (Å²) in [6.45, 7) is 9.65. The Morgan fingerprint density at radius 1 is 1.46 bits per heavy atom. The Balaban J connectivity index is 2.29. The molecule has 0 aromatic carbocycles. The minimum Gasteiger partial charge on any atom is -0.369 e. The van der Waals surface area contributed by atoms with E-state index in [2.05, 4.69) is 36.1 Å². The van der Waals surface area contributed by atoms with Gasteiger partial charge in [-0.15, -0.1) is 13.2 Å². The molecule has 2 atom stereocenters. The number of rotatable bonds is 6. The first-order chi connectivity index (χ1) is 11.5. The molecule has 1 aromatic heterocycles. The van der Waals surface area contributed by atoms with E-state index in [4.69, 9.17) is 5.73 Å². The molecule has 2 heterocycles. The molecule has 0 aliphatic carbocycles. The largest absolute Gasteiger partial charge is 0.369 e. The van der Waals surface area contributed by atoms with E-state index in [1.807, 2.05) is 17.1 Å². The van der Waals surface area contributed by atoms with E-state index in [0.717, 1.165) is 6.42 Å². The van der Waals surface area contributed by atoms with Crippen molar-refractivity contribution in [2.24, 2.45) is 0 Å². The zero-order chi connectivity index (χ0) is 17.7. The van der Waals surface area contributed by atoms with Gasteiger partial charge in [-0.3, -0.25) is 14.6 Å². The molecule has 1 aliphatic rings. The van der Waals surface area contributed by atoms with Gasteiger partial charge < -0.3 is 10.6 Å². The number of H-pyrrole nitrogens is 1. The highest BCUT2D eigenvalue weighted by atomic mass is 16.2. The van der Waals surface area contributed by atoms with Crippen LogP contribution in [0, 0.1) is 0 Å². The molecular weight excluding hydrogens is 304 g/mol. The third-order valence-electron chi connectivity index (χ3n) is 4.15. The highest BCUT2D eigenvalue weighted by Crippen LogP contribution is 2.27. The van der Waals surface area contributed by atoms with Crippen LogP contribution in [0.2, 0.25) is 0 Å². The van der Waals surface area contributed by atoms with Crippen LogP contribution < -0.4 is 11.3 Å². The number of nitrogens with two attached hydrogens (primary N) is 1. The fourth-order valence-corrected chi connectivity index (χ4v) is 3.16. The zero-order valence-electron chi connectivity index (χ0n) is 14.0. The van der Waals surface area contributed by atoms with Crippen LogP contribution in [0.4, 0.5) is 5.95 Å². The van der Waals surface area contributed by atoms with Crippen LogP contribution >= 0.6 is 0 Å². The number of carbonyl (C=O) groups excluding carboxylic acids is 1. The number of carbonyl (C=O) groups is 1. The maximum atomic E-state index is 12.9. The van der Waals surface area contributed by atoms with Crippen LogP contribution in [0.15, 0.2) is 48.0 Å². The minimum atomic E-state index is -0.375. The molecule has 128 valence electrons. The average molecular weight is 328 g/mol. The highest BCUT2D eigenvalue weighted by Gasteiger charge is 2.32. The van der Waals surface area contributed by atoms with Crippen molar-refractivity contribution >= 4 is 11.9 Å². The van der Waals surface area contributed by atoms with Crippen molar-refractivity contribution in [2.75, 3.05) is 5.73 Å². The summed E-state index contributed by atoms with van der Waals surface area (Å²) in [5.74, 6) is -0.0590. The summed E-state index contributed by atoms with van der Waals surface area (Å²) in [5.41, 5.74) is 6.64. The van der Waals surface area contributed by atoms with E-state index in [1.54, 1.807) is 0 Å².